The fourth-order valence-corrected chi connectivity index (χ4v) is 3.31. The van der Waals surface area contributed by atoms with Gasteiger partial charge in [-0.3, -0.25) is 4.90 Å². The molecule has 106 valence electrons. The molecule has 1 saturated heterocycles. The van der Waals surface area contributed by atoms with Crippen LogP contribution in [0.4, 0.5) is 0 Å². The predicted octanol–water partition coefficient (Wildman–Crippen LogP) is 3.45. The molecule has 19 heavy (non-hydrogen) atoms. The molecular weight excluding hydrogens is 254 g/mol. The molecule has 0 N–H and O–H groups in total. The lowest BCUT2D eigenvalue weighted by Crippen LogP contribution is -2.51. The Balaban J connectivity index is 1.98. The van der Waals surface area contributed by atoms with Crippen LogP contribution < -0.4 is 0 Å². The predicted molar refractivity (Wildman–Crippen MR) is 83.0 cm³/mol. The fourth-order valence-electron chi connectivity index (χ4n) is 2.65. The Hall–Kier alpha value is -0.510. The number of morpholine rings is 1. The maximum atomic E-state index is 5.44. The highest BCUT2D eigenvalue weighted by Gasteiger charge is 2.28. The van der Waals surface area contributed by atoms with E-state index in [1.807, 2.05) is 11.8 Å². The van der Waals surface area contributed by atoms with Gasteiger partial charge in [-0.2, -0.15) is 0 Å². The zero-order valence-corrected chi connectivity index (χ0v) is 13.1. The Labute approximate surface area is 121 Å². The van der Waals surface area contributed by atoms with Gasteiger partial charge in [0.1, 0.15) is 0 Å². The lowest BCUT2D eigenvalue weighted by atomic mass is 9.92. The molecule has 0 radical (unpaired) electrons. The van der Waals surface area contributed by atoms with Gasteiger partial charge in [0.2, 0.25) is 0 Å². The lowest BCUT2D eigenvalue weighted by Gasteiger charge is -2.41. The summed E-state index contributed by atoms with van der Waals surface area (Å²) in [5.41, 5.74) is 1.64. The van der Waals surface area contributed by atoms with Crippen molar-refractivity contribution >= 4 is 11.8 Å². The Kier molecular flexibility index (Phi) is 5.31. The highest BCUT2D eigenvalue weighted by Crippen LogP contribution is 2.24. The SMILES string of the molecule is CCSc1ccc(CC(C)(C)N2CCOCC2)cc1. The first-order valence-electron chi connectivity index (χ1n) is 7.16. The van der Waals surface area contributed by atoms with Crippen LogP contribution in [0.1, 0.15) is 26.3 Å². The van der Waals surface area contributed by atoms with E-state index >= 15 is 0 Å². The van der Waals surface area contributed by atoms with Crippen molar-refractivity contribution in [2.75, 3.05) is 32.1 Å². The Morgan fingerprint density at radius 2 is 1.79 bits per heavy atom. The number of hydrogen-bond acceptors (Lipinski definition) is 3. The van der Waals surface area contributed by atoms with Gasteiger partial charge in [-0.25, -0.2) is 0 Å². The molecular formula is C16H25NOS. The zero-order chi connectivity index (χ0) is 13.7. The first-order valence-corrected chi connectivity index (χ1v) is 8.15. The smallest absolute Gasteiger partial charge is 0.0594 e. The van der Waals surface area contributed by atoms with Crippen LogP contribution in [0.5, 0.6) is 0 Å². The molecule has 2 nitrogen and oxygen atoms in total. The van der Waals surface area contributed by atoms with Gasteiger partial charge in [0.25, 0.3) is 0 Å². The molecule has 0 spiro atoms. The van der Waals surface area contributed by atoms with E-state index in [-0.39, 0.29) is 5.54 Å². The van der Waals surface area contributed by atoms with Crippen LogP contribution in [0.15, 0.2) is 29.2 Å². The number of ether oxygens (including phenoxy) is 1. The number of benzene rings is 1. The van der Waals surface area contributed by atoms with Crippen LogP contribution in [-0.2, 0) is 11.2 Å². The third-order valence-electron chi connectivity index (χ3n) is 3.74. The van der Waals surface area contributed by atoms with Crippen LogP contribution in [0, 0.1) is 0 Å². The Morgan fingerprint density at radius 1 is 1.16 bits per heavy atom. The molecule has 0 saturated carbocycles. The van der Waals surface area contributed by atoms with E-state index in [0.717, 1.165) is 38.5 Å². The molecule has 0 amide bonds. The van der Waals surface area contributed by atoms with Gasteiger partial charge in [-0.05, 0) is 43.7 Å². The van der Waals surface area contributed by atoms with Crippen LogP contribution in [0.3, 0.4) is 0 Å². The molecule has 0 unspecified atom stereocenters. The highest BCUT2D eigenvalue weighted by molar-refractivity contribution is 7.99. The standard InChI is InChI=1S/C16H25NOS/c1-4-19-15-7-5-14(6-8-15)13-16(2,3)17-9-11-18-12-10-17/h5-8H,4,9-13H2,1-3H3. The summed E-state index contributed by atoms with van der Waals surface area (Å²) in [6.45, 7) is 10.7. The molecule has 1 aliphatic rings. The van der Waals surface area contributed by atoms with Crippen molar-refractivity contribution in [1.29, 1.82) is 0 Å². The van der Waals surface area contributed by atoms with Gasteiger partial charge in [-0.15, -0.1) is 11.8 Å². The number of hydrogen-bond donors (Lipinski definition) is 0. The molecule has 0 aliphatic carbocycles. The van der Waals surface area contributed by atoms with E-state index in [9.17, 15) is 0 Å². The summed E-state index contributed by atoms with van der Waals surface area (Å²) in [5, 5.41) is 0. The summed E-state index contributed by atoms with van der Waals surface area (Å²) in [6.07, 6.45) is 1.10. The van der Waals surface area contributed by atoms with E-state index in [1.54, 1.807) is 0 Å². The van der Waals surface area contributed by atoms with Crippen LogP contribution in [0.25, 0.3) is 0 Å². The fraction of sp³-hybridized carbons (Fsp3) is 0.625. The van der Waals surface area contributed by atoms with Crippen molar-refractivity contribution in [1.82, 2.24) is 4.90 Å². The lowest BCUT2D eigenvalue weighted by molar-refractivity contribution is -0.00984. The molecule has 3 heteroatoms. The first kappa shape index (κ1) is 14.9. The maximum Gasteiger partial charge on any atom is 0.0594 e. The second kappa shape index (κ2) is 6.78. The topological polar surface area (TPSA) is 12.5 Å². The average molecular weight is 279 g/mol. The van der Waals surface area contributed by atoms with Crippen LogP contribution >= 0.6 is 11.8 Å². The maximum absolute atomic E-state index is 5.44. The molecule has 1 heterocycles. The van der Waals surface area contributed by atoms with Gasteiger partial charge in [0.15, 0.2) is 0 Å². The minimum atomic E-state index is 0.212. The Bertz CT molecular complexity index is 382. The van der Waals surface area contributed by atoms with Gasteiger partial charge in [0.05, 0.1) is 13.2 Å². The molecule has 1 fully saturated rings. The third kappa shape index (κ3) is 4.23. The van der Waals surface area contributed by atoms with Crippen LogP contribution in [-0.4, -0.2) is 42.5 Å². The van der Waals surface area contributed by atoms with Gasteiger partial charge >= 0.3 is 0 Å². The molecule has 0 bridgehead atoms. The van der Waals surface area contributed by atoms with Gasteiger partial charge in [-0.1, -0.05) is 19.1 Å². The van der Waals surface area contributed by atoms with E-state index < -0.39 is 0 Å². The van der Waals surface area contributed by atoms with Crippen molar-refractivity contribution in [3.8, 4) is 0 Å². The molecule has 1 aromatic rings. The molecule has 2 rings (SSSR count). The summed E-state index contributed by atoms with van der Waals surface area (Å²) in [5.74, 6) is 1.14. The van der Waals surface area contributed by atoms with E-state index in [2.05, 4.69) is 49.9 Å². The number of thioether (sulfide) groups is 1. The average Bonchev–Trinajstić information content (AvgIpc) is 2.42. The van der Waals surface area contributed by atoms with Crippen molar-refractivity contribution in [3.05, 3.63) is 29.8 Å². The minimum Gasteiger partial charge on any atom is -0.379 e. The first-order chi connectivity index (χ1) is 9.12. The molecule has 1 aromatic carbocycles. The molecule has 1 aliphatic heterocycles. The second-order valence-corrected chi connectivity index (χ2v) is 7.00. The summed E-state index contributed by atoms with van der Waals surface area (Å²) in [4.78, 5) is 3.92. The third-order valence-corrected chi connectivity index (χ3v) is 4.63. The van der Waals surface area contributed by atoms with Gasteiger partial charge in [0, 0.05) is 23.5 Å². The minimum absolute atomic E-state index is 0.212. The monoisotopic (exact) mass is 279 g/mol. The van der Waals surface area contributed by atoms with Crippen molar-refractivity contribution in [2.45, 2.75) is 37.6 Å². The number of nitrogens with zero attached hydrogens (tertiary/aromatic N) is 1. The summed E-state index contributed by atoms with van der Waals surface area (Å²) in [7, 11) is 0. The highest BCUT2D eigenvalue weighted by atomic mass is 32.2. The van der Waals surface area contributed by atoms with E-state index in [4.69, 9.17) is 4.74 Å². The van der Waals surface area contributed by atoms with Crippen LogP contribution in [0.2, 0.25) is 0 Å². The van der Waals surface area contributed by atoms with Crippen molar-refractivity contribution in [3.63, 3.8) is 0 Å². The Morgan fingerprint density at radius 3 is 2.37 bits per heavy atom. The zero-order valence-electron chi connectivity index (χ0n) is 12.3. The van der Waals surface area contributed by atoms with E-state index in [1.165, 1.54) is 10.5 Å². The molecule has 0 atom stereocenters. The largest absolute Gasteiger partial charge is 0.379 e. The second-order valence-electron chi connectivity index (χ2n) is 5.67. The number of rotatable bonds is 5. The normalized spacial score (nSPS) is 17.6. The molecule has 0 aromatic heterocycles. The summed E-state index contributed by atoms with van der Waals surface area (Å²) < 4.78 is 5.44. The quantitative estimate of drug-likeness (QED) is 0.766. The van der Waals surface area contributed by atoms with Gasteiger partial charge < -0.3 is 4.74 Å². The van der Waals surface area contributed by atoms with E-state index in [0.29, 0.717) is 0 Å². The summed E-state index contributed by atoms with van der Waals surface area (Å²) >= 11 is 1.90. The van der Waals surface area contributed by atoms with Crippen molar-refractivity contribution < 1.29 is 4.74 Å². The van der Waals surface area contributed by atoms with Crippen molar-refractivity contribution in [2.24, 2.45) is 0 Å². The summed E-state index contributed by atoms with van der Waals surface area (Å²) in [6, 6.07) is 9.05.